The van der Waals surface area contributed by atoms with Crippen molar-refractivity contribution >= 4 is 5.82 Å². The topological polar surface area (TPSA) is 99.8 Å². The second-order valence-corrected chi connectivity index (χ2v) is 5.83. The predicted octanol–water partition coefficient (Wildman–Crippen LogP) is 0.579. The van der Waals surface area contributed by atoms with Crippen LogP contribution < -0.4 is 10.9 Å². The zero-order valence-electron chi connectivity index (χ0n) is 13.6. The summed E-state index contributed by atoms with van der Waals surface area (Å²) in [4.78, 5) is 20.6. The minimum atomic E-state index is -0.238. The molecule has 1 N–H and O–H groups in total. The quantitative estimate of drug-likeness (QED) is 0.742. The molecule has 1 aliphatic heterocycles. The summed E-state index contributed by atoms with van der Waals surface area (Å²) in [6, 6.07) is 6.45. The van der Waals surface area contributed by atoms with Crippen molar-refractivity contribution in [1.82, 2.24) is 29.5 Å². The Morgan fingerprint density at radius 1 is 1.28 bits per heavy atom. The summed E-state index contributed by atoms with van der Waals surface area (Å²) in [6.07, 6.45) is 4.95. The standard InChI is InChI=1S/C16H17N7O2/c1-11-7-14(18-10-17-11)20-12-8-25-9-13(12)23-16(24)4-3-15(21-23)22-6-2-5-19-22/h2-7,10,12-13H,8-9H2,1H3,(H,17,18,20). The van der Waals surface area contributed by atoms with Crippen LogP contribution in [0.2, 0.25) is 0 Å². The molecule has 0 aromatic carbocycles. The second kappa shape index (κ2) is 6.44. The van der Waals surface area contributed by atoms with Crippen molar-refractivity contribution in [3.05, 3.63) is 59.0 Å². The summed E-state index contributed by atoms with van der Waals surface area (Å²) in [6.45, 7) is 2.76. The van der Waals surface area contributed by atoms with Gasteiger partial charge in [0, 0.05) is 30.2 Å². The molecule has 0 aliphatic carbocycles. The molecule has 25 heavy (non-hydrogen) atoms. The Labute approximate surface area is 143 Å². The van der Waals surface area contributed by atoms with Crippen molar-refractivity contribution in [3.8, 4) is 5.82 Å². The summed E-state index contributed by atoms with van der Waals surface area (Å²) < 4.78 is 8.65. The first-order valence-corrected chi connectivity index (χ1v) is 7.93. The predicted molar refractivity (Wildman–Crippen MR) is 89.7 cm³/mol. The van der Waals surface area contributed by atoms with E-state index in [-0.39, 0.29) is 17.6 Å². The molecule has 4 heterocycles. The number of nitrogens with one attached hydrogen (secondary N) is 1. The number of aromatic nitrogens is 6. The van der Waals surface area contributed by atoms with Gasteiger partial charge >= 0.3 is 0 Å². The second-order valence-electron chi connectivity index (χ2n) is 5.83. The minimum Gasteiger partial charge on any atom is -0.377 e. The summed E-state index contributed by atoms with van der Waals surface area (Å²) in [5.41, 5.74) is 0.681. The highest BCUT2D eigenvalue weighted by Gasteiger charge is 2.32. The number of hydrogen-bond acceptors (Lipinski definition) is 7. The molecule has 128 valence electrons. The van der Waals surface area contributed by atoms with Crippen LogP contribution in [0.1, 0.15) is 11.7 Å². The van der Waals surface area contributed by atoms with Gasteiger partial charge in [0.1, 0.15) is 18.2 Å². The van der Waals surface area contributed by atoms with Gasteiger partial charge in [-0.25, -0.2) is 19.3 Å². The summed E-state index contributed by atoms with van der Waals surface area (Å²) in [7, 11) is 0. The first-order chi connectivity index (χ1) is 12.2. The van der Waals surface area contributed by atoms with Crippen LogP contribution in [0.3, 0.4) is 0 Å². The molecule has 0 amide bonds. The van der Waals surface area contributed by atoms with E-state index in [1.54, 1.807) is 29.2 Å². The van der Waals surface area contributed by atoms with Gasteiger partial charge in [-0.1, -0.05) is 0 Å². The molecule has 4 rings (SSSR count). The van der Waals surface area contributed by atoms with E-state index in [2.05, 4.69) is 25.5 Å². The zero-order chi connectivity index (χ0) is 17.2. The van der Waals surface area contributed by atoms with Crippen molar-refractivity contribution in [2.75, 3.05) is 18.5 Å². The molecule has 3 aromatic heterocycles. The molecular formula is C16H17N7O2. The van der Waals surface area contributed by atoms with E-state index in [0.717, 1.165) is 5.69 Å². The van der Waals surface area contributed by atoms with Crippen LogP contribution in [0.5, 0.6) is 0 Å². The Morgan fingerprint density at radius 3 is 3.00 bits per heavy atom. The average Bonchev–Trinajstić information content (AvgIpc) is 3.27. The van der Waals surface area contributed by atoms with Gasteiger partial charge in [0.25, 0.3) is 5.56 Å². The van der Waals surface area contributed by atoms with Crippen molar-refractivity contribution in [3.63, 3.8) is 0 Å². The number of aryl methyl sites for hydroxylation is 1. The van der Waals surface area contributed by atoms with Crippen LogP contribution in [-0.2, 0) is 4.74 Å². The summed E-state index contributed by atoms with van der Waals surface area (Å²) in [5, 5.41) is 11.9. The summed E-state index contributed by atoms with van der Waals surface area (Å²) >= 11 is 0. The minimum absolute atomic E-state index is 0.118. The monoisotopic (exact) mass is 339 g/mol. The largest absolute Gasteiger partial charge is 0.377 e. The molecule has 3 aromatic rings. The number of hydrogen-bond donors (Lipinski definition) is 1. The fourth-order valence-corrected chi connectivity index (χ4v) is 2.82. The van der Waals surface area contributed by atoms with Crippen LogP contribution in [0.25, 0.3) is 5.82 Å². The van der Waals surface area contributed by atoms with Crippen LogP contribution >= 0.6 is 0 Å². The molecule has 9 heteroatoms. The molecule has 0 saturated carbocycles. The fraction of sp³-hybridized carbons (Fsp3) is 0.312. The smallest absolute Gasteiger partial charge is 0.267 e. The third-order valence-electron chi connectivity index (χ3n) is 4.05. The van der Waals surface area contributed by atoms with Gasteiger partial charge in [-0.15, -0.1) is 5.10 Å². The van der Waals surface area contributed by atoms with E-state index in [0.29, 0.717) is 24.8 Å². The van der Waals surface area contributed by atoms with Crippen LogP contribution in [0, 0.1) is 6.92 Å². The van der Waals surface area contributed by atoms with Crippen LogP contribution in [0.4, 0.5) is 5.82 Å². The van der Waals surface area contributed by atoms with E-state index in [1.807, 2.05) is 13.0 Å². The molecule has 1 saturated heterocycles. The Bertz CT molecular complexity index is 922. The lowest BCUT2D eigenvalue weighted by molar-refractivity contribution is 0.182. The van der Waals surface area contributed by atoms with Gasteiger partial charge in [-0.3, -0.25) is 4.79 Å². The van der Waals surface area contributed by atoms with Gasteiger partial charge in [-0.2, -0.15) is 5.10 Å². The maximum absolute atomic E-state index is 12.3. The Morgan fingerprint density at radius 2 is 2.20 bits per heavy atom. The van der Waals surface area contributed by atoms with Gasteiger partial charge in [0.05, 0.1) is 19.3 Å². The van der Waals surface area contributed by atoms with Crippen molar-refractivity contribution in [2.45, 2.75) is 19.0 Å². The van der Waals surface area contributed by atoms with Gasteiger partial charge in [0.15, 0.2) is 5.82 Å². The van der Waals surface area contributed by atoms with Gasteiger partial charge in [0.2, 0.25) is 0 Å². The molecule has 1 aliphatic rings. The normalized spacial score (nSPS) is 19.9. The summed E-state index contributed by atoms with van der Waals surface area (Å²) in [5.74, 6) is 1.28. The molecular weight excluding hydrogens is 322 g/mol. The molecule has 0 bridgehead atoms. The molecule has 1 fully saturated rings. The van der Waals surface area contributed by atoms with Crippen LogP contribution in [-0.4, -0.2) is 48.8 Å². The molecule has 0 radical (unpaired) electrons. The first-order valence-electron chi connectivity index (χ1n) is 7.93. The van der Waals surface area contributed by atoms with Gasteiger partial charge < -0.3 is 10.1 Å². The zero-order valence-corrected chi connectivity index (χ0v) is 13.6. The Hall–Kier alpha value is -3.07. The molecule has 2 atom stereocenters. The maximum Gasteiger partial charge on any atom is 0.267 e. The number of ether oxygens (including phenoxy) is 1. The molecule has 2 unspecified atom stereocenters. The number of nitrogens with zero attached hydrogens (tertiary/aromatic N) is 6. The lowest BCUT2D eigenvalue weighted by Gasteiger charge is -2.21. The number of anilines is 1. The highest BCUT2D eigenvalue weighted by Crippen LogP contribution is 2.21. The van der Waals surface area contributed by atoms with E-state index in [4.69, 9.17) is 4.74 Å². The maximum atomic E-state index is 12.3. The van der Waals surface area contributed by atoms with Crippen LogP contribution in [0.15, 0.2) is 47.8 Å². The van der Waals surface area contributed by atoms with Gasteiger partial charge in [-0.05, 0) is 19.1 Å². The van der Waals surface area contributed by atoms with E-state index in [9.17, 15) is 4.79 Å². The average molecular weight is 339 g/mol. The Kier molecular flexibility index (Phi) is 3.98. The number of rotatable bonds is 4. The third-order valence-corrected chi connectivity index (χ3v) is 4.05. The van der Waals surface area contributed by atoms with E-state index in [1.165, 1.54) is 17.1 Å². The van der Waals surface area contributed by atoms with Crippen molar-refractivity contribution in [1.29, 1.82) is 0 Å². The first kappa shape index (κ1) is 15.5. The van der Waals surface area contributed by atoms with E-state index < -0.39 is 0 Å². The highest BCUT2D eigenvalue weighted by molar-refractivity contribution is 5.36. The highest BCUT2D eigenvalue weighted by atomic mass is 16.5. The molecule has 9 nitrogen and oxygen atoms in total. The van der Waals surface area contributed by atoms with E-state index >= 15 is 0 Å². The van der Waals surface area contributed by atoms with Crippen molar-refractivity contribution in [2.24, 2.45) is 0 Å². The lowest BCUT2D eigenvalue weighted by Crippen LogP contribution is -2.37. The molecule has 0 spiro atoms. The third kappa shape index (κ3) is 3.13. The Balaban J connectivity index is 1.64. The lowest BCUT2D eigenvalue weighted by atomic mass is 10.1. The SMILES string of the molecule is Cc1cc(NC2COCC2n2nc(-n3cccn3)ccc2=O)ncn1. The fourth-order valence-electron chi connectivity index (χ4n) is 2.82. The van der Waals surface area contributed by atoms with Crippen molar-refractivity contribution < 1.29 is 4.74 Å².